The van der Waals surface area contributed by atoms with Crippen molar-refractivity contribution in [3.8, 4) is 5.75 Å². The summed E-state index contributed by atoms with van der Waals surface area (Å²) < 4.78 is 7.05. The molecule has 5 nitrogen and oxygen atoms in total. The summed E-state index contributed by atoms with van der Waals surface area (Å²) in [7, 11) is 1.60. The highest BCUT2D eigenvalue weighted by Crippen LogP contribution is 2.20. The zero-order chi connectivity index (χ0) is 14.5. The van der Waals surface area contributed by atoms with Crippen molar-refractivity contribution in [2.24, 2.45) is 0 Å². The van der Waals surface area contributed by atoms with Crippen LogP contribution < -0.4 is 10.1 Å². The second-order valence-corrected chi connectivity index (χ2v) is 4.48. The molecule has 2 rings (SSSR count). The fourth-order valence-corrected chi connectivity index (χ4v) is 2.02. The van der Waals surface area contributed by atoms with Crippen LogP contribution in [-0.2, 0) is 13.1 Å². The SMILES string of the molecule is CCn1ccc(CNC(=O)c2cccc(OC)c2C)n1. The summed E-state index contributed by atoms with van der Waals surface area (Å²) in [6.07, 6.45) is 1.90. The van der Waals surface area contributed by atoms with Crippen LogP contribution in [0.15, 0.2) is 30.5 Å². The molecule has 0 atom stereocenters. The molecule has 20 heavy (non-hydrogen) atoms. The summed E-state index contributed by atoms with van der Waals surface area (Å²) >= 11 is 0. The van der Waals surface area contributed by atoms with Crippen molar-refractivity contribution in [3.05, 3.63) is 47.3 Å². The predicted molar refractivity (Wildman–Crippen MR) is 76.8 cm³/mol. The second-order valence-electron chi connectivity index (χ2n) is 4.48. The summed E-state index contributed by atoms with van der Waals surface area (Å²) in [5.74, 6) is 0.598. The standard InChI is InChI=1S/C15H19N3O2/c1-4-18-9-8-12(17-18)10-16-15(19)13-6-5-7-14(20-3)11(13)2/h5-9H,4,10H2,1-3H3,(H,16,19). The summed E-state index contributed by atoms with van der Waals surface area (Å²) in [5, 5.41) is 7.20. The van der Waals surface area contributed by atoms with E-state index in [4.69, 9.17) is 4.74 Å². The first-order valence-corrected chi connectivity index (χ1v) is 6.59. The molecule has 106 valence electrons. The number of amides is 1. The van der Waals surface area contributed by atoms with Gasteiger partial charge in [0.15, 0.2) is 0 Å². The largest absolute Gasteiger partial charge is 0.496 e. The van der Waals surface area contributed by atoms with E-state index in [-0.39, 0.29) is 5.91 Å². The lowest BCUT2D eigenvalue weighted by Gasteiger charge is -2.10. The molecule has 1 heterocycles. The second kappa shape index (κ2) is 6.23. The molecule has 1 N–H and O–H groups in total. The number of carbonyl (C=O) groups excluding carboxylic acids is 1. The molecule has 0 spiro atoms. The van der Waals surface area contributed by atoms with Crippen molar-refractivity contribution in [3.63, 3.8) is 0 Å². The number of aromatic nitrogens is 2. The number of rotatable bonds is 5. The van der Waals surface area contributed by atoms with Crippen LogP contribution in [0.1, 0.15) is 28.5 Å². The van der Waals surface area contributed by atoms with Crippen molar-refractivity contribution in [1.82, 2.24) is 15.1 Å². The van der Waals surface area contributed by atoms with E-state index < -0.39 is 0 Å². The van der Waals surface area contributed by atoms with Crippen molar-refractivity contribution in [1.29, 1.82) is 0 Å². The maximum absolute atomic E-state index is 12.2. The third-order valence-electron chi connectivity index (χ3n) is 3.20. The fourth-order valence-electron chi connectivity index (χ4n) is 2.02. The summed E-state index contributed by atoms with van der Waals surface area (Å²) in [5.41, 5.74) is 2.31. The van der Waals surface area contributed by atoms with E-state index in [1.165, 1.54) is 0 Å². The van der Waals surface area contributed by atoms with Gasteiger partial charge >= 0.3 is 0 Å². The first kappa shape index (κ1) is 14.1. The number of nitrogens with one attached hydrogen (secondary N) is 1. The van der Waals surface area contributed by atoms with Crippen LogP contribution in [-0.4, -0.2) is 22.8 Å². The first-order valence-electron chi connectivity index (χ1n) is 6.59. The third-order valence-corrected chi connectivity index (χ3v) is 3.20. The Balaban J connectivity index is 2.05. The van der Waals surface area contributed by atoms with Crippen molar-refractivity contribution in [2.45, 2.75) is 26.9 Å². The molecule has 0 fully saturated rings. The summed E-state index contributed by atoms with van der Waals surface area (Å²) in [6, 6.07) is 7.35. The molecular weight excluding hydrogens is 254 g/mol. The predicted octanol–water partition coefficient (Wildman–Crippen LogP) is 2.15. The highest BCUT2D eigenvalue weighted by Gasteiger charge is 2.12. The van der Waals surface area contributed by atoms with Crippen LogP contribution in [0.25, 0.3) is 0 Å². The van der Waals surface area contributed by atoms with E-state index in [9.17, 15) is 4.79 Å². The number of nitrogens with zero attached hydrogens (tertiary/aromatic N) is 2. The van der Waals surface area contributed by atoms with Gasteiger partial charge in [0.05, 0.1) is 19.3 Å². The minimum absolute atomic E-state index is 0.118. The summed E-state index contributed by atoms with van der Waals surface area (Å²) in [6.45, 7) is 5.14. The van der Waals surface area contributed by atoms with Gasteiger partial charge in [-0.2, -0.15) is 5.10 Å². The Morgan fingerprint density at radius 3 is 2.85 bits per heavy atom. The molecule has 0 saturated carbocycles. The Labute approximate surface area is 118 Å². The van der Waals surface area contributed by atoms with Crippen LogP contribution >= 0.6 is 0 Å². The Kier molecular flexibility index (Phi) is 4.40. The molecule has 0 radical (unpaired) electrons. The van der Waals surface area contributed by atoms with Crippen LogP contribution in [0, 0.1) is 6.92 Å². The van der Waals surface area contributed by atoms with Crippen LogP contribution in [0.4, 0.5) is 0 Å². The minimum atomic E-state index is -0.118. The van der Waals surface area contributed by atoms with E-state index in [2.05, 4.69) is 10.4 Å². The van der Waals surface area contributed by atoms with Crippen LogP contribution in [0.2, 0.25) is 0 Å². The Morgan fingerprint density at radius 2 is 2.20 bits per heavy atom. The van der Waals surface area contributed by atoms with Gasteiger partial charge in [0.25, 0.3) is 5.91 Å². The van der Waals surface area contributed by atoms with Crippen LogP contribution in [0.3, 0.4) is 0 Å². The molecule has 2 aromatic rings. The molecule has 5 heteroatoms. The molecule has 1 amide bonds. The molecular formula is C15H19N3O2. The fraction of sp³-hybridized carbons (Fsp3) is 0.333. The average Bonchev–Trinajstić information content (AvgIpc) is 2.93. The maximum atomic E-state index is 12.2. The Hall–Kier alpha value is -2.30. The molecule has 1 aromatic carbocycles. The molecule has 0 aliphatic heterocycles. The van der Waals surface area contributed by atoms with Gasteiger partial charge in [-0.1, -0.05) is 6.07 Å². The molecule has 0 aliphatic carbocycles. The van der Waals surface area contributed by atoms with Gasteiger partial charge in [-0.3, -0.25) is 9.48 Å². The van der Waals surface area contributed by atoms with Crippen molar-refractivity contribution in [2.75, 3.05) is 7.11 Å². The zero-order valence-electron chi connectivity index (χ0n) is 12.0. The molecule has 0 bridgehead atoms. The highest BCUT2D eigenvalue weighted by atomic mass is 16.5. The Morgan fingerprint density at radius 1 is 1.40 bits per heavy atom. The highest BCUT2D eigenvalue weighted by molar-refractivity contribution is 5.96. The molecule has 0 unspecified atom stereocenters. The van der Waals surface area contributed by atoms with E-state index in [1.807, 2.05) is 42.9 Å². The van der Waals surface area contributed by atoms with Crippen molar-refractivity contribution < 1.29 is 9.53 Å². The maximum Gasteiger partial charge on any atom is 0.252 e. The van der Waals surface area contributed by atoms with Crippen LogP contribution in [0.5, 0.6) is 5.75 Å². The van der Waals surface area contributed by atoms with Gasteiger partial charge in [0.2, 0.25) is 0 Å². The lowest BCUT2D eigenvalue weighted by atomic mass is 10.1. The van der Waals surface area contributed by atoms with Gasteiger partial charge in [-0.15, -0.1) is 0 Å². The minimum Gasteiger partial charge on any atom is -0.496 e. The van der Waals surface area contributed by atoms with E-state index in [0.717, 1.165) is 17.8 Å². The van der Waals surface area contributed by atoms with Crippen molar-refractivity contribution >= 4 is 5.91 Å². The van der Waals surface area contributed by atoms with Gasteiger partial charge < -0.3 is 10.1 Å². The third kappa shape index (κ3) is 2.99. The average molecular weight is 273 g/mol. The number of hydrogen-bond acceptors (Lipinski definition) is 3. The number of benzene rings is 1. The quantitative estimate of drug-likeness (QED) is 0.908. The molecule has 0 saturated heterocycles. The normalized spacial score (nSPS) is 10.3. The smallest absolute Gasteiger partial charge is 0.252 e. The number of hydrogen-bond donors (Lipinski definition) is 1. The number of ether oxygens (including phenoxy) is 1. The molecule has 0 aliphatic rings. The van der Waals surface area contributed by atoms with E-state index >= 15 is 0 Å². The first-order chi connectivity index (χ1) is 9.65. The van der Waals surface area contributed by atoms with Gasteiger partial charge in [-0.05, 0) is 32.0 Å². The Bertz CT molecular complexity index is 605. The van der Waals surface area contributed by atoms with E-state index in [0.29, 0.717) is 17.9 Å². The van der Waals surface area contributed by atoms with Gasteiger partial charge in [0.1, 0.15) is 5.75 Å². The molecule has 1 aromatic heterocycles. The topological polar surface area (TPSA) is 56.2 Å². The van der Waals surface area contributed by atoms with Gasteiger partial charge in [0, 0.05) is 23.9 Å². The lowest BCUT2D eigenvalue weighted by molar-refractivity contribution is 0.0949. The van der Waals surface area contributed by atoms with E-state index in [1.54, 1.807) is 13.2 Å². The lowest BCUT2D eigenvalue weighted by Crippen LogP contribution is -2.24. The number of aryl methyl sites for hydroxylation is 1. The summed E-state index contributed by atoms with van der Waals surface area (Å²) in [4.78, 5) is 12.2. The van der Waals surface area contributed by atoms with Gasteiger partial charge in [-0.25, -0.2) is 0 Å². The zero-order valence-corrected chi connectivity index (χ0v) is 12.0. The monoisotopic (exact) mass is 273 g/mol. The number of carbonyl (C=O) groups is 1. The number of methoxy groups -OCH3 is 1.